The predicted molar refractivity (Wildman–Crippen MR) is 155 cm³/mol. The van der Waals surface area contributed by atoms with Crippen LogP contribution < -0.4 is 10.1 Å². The Kier molecular flexibility index (Phi) is 9.57. The van der Waals surface area contributed by atoms with Gasteiger partial charge in [-0.05, 0) is 59.7 Å². The van der Waals surface area contributed by atoms with E-state index in [-0.39, 0.29) is 45.3 Å². The number of aromatic nitrogens is 1. The molecule has 3 N–H and O–H groups in total. The highest BCUT2D eigenvalue weighted by atomic mass is 35.5. The van der Waals surface area contributed by atoms with Crippen LogP contribution in [0.3, 0.4) is 0 Å². The zero-order valence-corrected chi connectivity index (χ0v) is 25.0. The highest BCUT2D eigenvalue weighted by Crippen LogP contribution is 2.41. The molecule has 4 aromatic rings. The molecule has 8 nitrogen and oxygen atoms in total. The highest BCUT2D eigenvalue weighted by Gasteiger charge is 2.36. The predicted octanol–water partition coefficient (Wildman–Crippen LogP) is 7.99. The molecule has 17 heteroatoms. The minimum absolute atomic E-state index is 0.0294. The van der Waals surface area contributed by atoms with Gasteiger partial charge in [0.2, 0.25) is 0 Å². The number of halogens is 8. The summed E-state index contributed by atoms with van der Waals surface area (Å²) in [5, 5.41) is 18.4. The van der Waals surface area contributed by atoms with Crippen molar-refractivity contribution in [2.24, 2.45) is 0 Å². The lowest BCUT2D eigenvalue weighted by Gasteiger charge is -2.15. The lowest BCUT2D eigenvalue weighted by molar-refractivity contribution is -0.274. The number of nitrogens with one attached hydrogen (secondary N) is 2. The summed E-state index contributed by atoms with van der Waals surface area (Å²) in [4.78, 5) is 3.81. The molecule has 1 aromatic heterocycles. The Labute approximate surface area is 261 Å². The summed E-state index contributed by atoms with van der Waals surface area (Å²) in [6.45, 7) is 0.546. The van der Waals surface area contributed by atoms with Gasteiger partial charge in [-0.1, -0.05) is 17.7 Å². The van der Waals surface area contributed by atoms with E-state index in [2.05, 4.69) is 15.0 Å². The van der Waals surface area contributed by atoms with E-state index in [1.807, 2.05) is 0 Å². The zero-order valence-electron chi connectivity index (χ0n) is 23.4. The van der Waals surface area contributed by atoms with Crippen LogP contribution in [-0.2, 0) is 16.4 Å². The highest BCUT2D eigenvalue weighted by molar-refractivity contribution is 7.90. The number of benzene rings is 3. The molecular weight excluding hydrogens is 671 g/mol. The van der Waals surface area contributed by atoms with Crippen LogP contribution in [0, 0.1) is 18.2 Å². The van der Waals surface area contributed by atoms with E-state index in [0.29, 0.717) is 6.20 Å². The van der Waals surface area contributed by atoms with Gasteiger partial charge >= 0.3 is 12.5 Å². The average molecular weight is 692 g/mol. The SMILES string of the molecule is Cc1nc(-c2ccc(OC(F)(F)F)cc2)c(-c2cc(-c3cc(F)c(CO)c(S(C)(=O)=O)c3)ccc2N/C=C(/Cl)C(=N)C(F)(F)F)o1. The van der Waals surface area contributed by atoms with Crippen LogP contribution in [0.25, 0.3) is 33.7 Å². The van der Waals surface area contributed by atoms with Gasteiger partial charge in [0.05, 0.1) is 16.5 Å². The van der Waals surface area contributed by atoms with Crippen molar-refractivity contribution in [2.75, 3.05) is 11.6 Å². The number of aryl methyl sites for hydroxylation is 1. The minimum Gasteiger partial charge on any atom is -0.440 e. The first kappa shape index (κ1) is 34.5. The van der Waals surface area contributed by atoms with E-state index in [4.69, 9.17) is 21.4 Å². The van der Waals surface area contributed by atoms with E-state index in [1.165, 1.54) is 37.3 Å². The second-order valence-electron chi connectivity index (χ2n) is 9.62. The van der Waals surface area contributed by atoms with Crippen molar-refractivity contribution in [1.82, 2.24) is 4.98 Å². The number of alkyl halides is 6. The van der Waals surface area contributed by atoms with Gasteiger partial charge < -0.3 is 19.6 Å². The van der Waals surface area contributed by atoms with Crippen molar-refractivity contribution in [3.8, 4) is 39.5 Å². The molecule has 1 heterocycles. The summed E-state index contributed by atoms with van der Waals surface area (Å²) in [5.41, 5.74) is -1.68. The van der Waals surface area contributed by atoms with Crippen LogP contribution in [0.5, 0.6) is 5.75 Å². The molecule has 0 bridgehead atoms. The smallest absolute Gasteiger partial charge is 0.440 e. The van der Waals surface area contributed by atoms with Crippen molar-refractivity contribution < 1.29 is 53.4 Å². The number of hydrogen-bond donors (Lipinski definition) is 3. The molecule has 0 amide bonds. The summed E-state index contributed by atoms with van der Waals surface area (Å²) >= 11 is 5.70. The van der Waals surface area contributed by atoms with Gasteiger partial charge in [-0.2, -0.15) is 13.2 Å². The Hall–Kier alpha value is -4.41. The van der Waals surface area contributed by atoms with Gasteiger partial charge in [-0.3, -0.25) is 5.41 Å². The molecule has 0 radical (unpaired) electrons. The summed E-state index contributed by atoms with van der Waals surface area (Å²) in [5.74, 6) is -1.52. The number of sulfone groups is 1. The average Bonchev–Trinajstić information content (AvgIpc) is 3.34. The second-order valence-corrected chi connectivity index (χ2v) is 12.0. The summed E-state index contributed by atoms with van der Waals surface area (Å²) in [7, 11) is -4.02. The third-order valence-corrected chi connectivity index (χ3v) is 7.74. The first-order valence-electron chi connectivity index (χ1n) is 12.7. The molecule has 3 aromatic carbocycles. The number of hydrogen-bond acceptors (Lipinski definition) is 8. The molecule has 0 unspecified atom stereocenters. The van der Waals surface area contributed by atoms with Crippen LogP contribution in [0.2, 0.25) is 0 Å². The number of aliphatic hydroxyl groups excluding tert-OH is 1. The Morgan fingerprint density at radius 3 is 2.24 bits per heavy atom. The summed E-state index contributed by atoms with van der Waals surface area (Å²) in [6, 6.07) is 10.7. The Morgan fingerprint density at radius 2 is 1.67 bits per heavy atom. The molecule has 0 saturated carbocycles. The Bertz CT molecular complexity index is 1940. The molecule has 0 saturated heterocycles. The molecule has 0 fully saturated rings. The molecule has 0 aliphatic carbocycles. The van der Waals surface area contributed by atoms with Crippen molar-refractivity contribution in [3.63, 3.8) is 0 Å². The molecule has 4 rings (SSSR count). The van der Waals surface area contributed by atoms with Gasteiger partial charge in [0, 0.05) is 41.8 Å². The number of allylic oxidation sites excluding steroid dienone is 1. The van der Waals surface area contributed by atoms with Gasteiger partial charge in [-0.15, -0.1) is 13.2 Å². The maximum atomic E-state index is 15.0. The van der Waals surface area contributed by atoms with E-state index < -0.39 is 61.8 Å². The Morgan fingerprint density at radius 1 is 1.04 bits per heavy atom. The topological polar surface area (TPSA) is 126 Å². The van der Waals surface area contributed by atoms with Crippen molar-refractivity contribution >= 4 is 32.8 Å². The van der Waals surface area contributed by atoms with Crippen LogP contribution in [0.15, 0.2) is 75.1 Å². The number of rotatable bonds is 9. The standard InChI is InChI=1S/C29H21ClF7N3O5S/c1-14-40-25(15-3-6-18(7-4-15)45-29(35,36)37)26(44-14)19-9-16(5-8-23(19)39-12-21(30)27(38)28(32,33)34)17-10-22(31)20(13-41)24(11-17)46(2,42)43/h3-12,38-39,41H,13H2,1-2H3/b21-12+,38-27?. The van der Waals surface area contributed by atoms with Crippen molar-refractivity contribution in [3.05, 3.63) is 83.1 Å². The minimum atomic E-state index is -5.05. The lowest BCUT2D eigenvalue weighted by Crippen LogP contribution is -2.22. The molecule has 244 valence electrons. The molecule has 46 heavy (non-hydrogen) atoms. The molecule has 0 aliphatic rings. The number of anilines is 1. The first-order chi connectivity index (χ1) is 21.3. The Balaban J connectivity index is 1.91. The maximum Gasteiger partial charge on any atom is 0.573 e. The second kappa shape index (κ2) is 12.8. The summed E-state index contributed by atoms with van der Waals surface area (Å²) < 4.78 is 126. The quantitative estimate of drug-likeness (QED) is 0.120. The van der Waals surface area contributed by atoms with Crippen LogP contribution >= 0.6 is 11.6 Å². The van der Waals surface area contributed by atoms with E-state index in [1.54, 1.807) is 0 Å². The molecule has 0 spiro atoms. The summed E-state index contributed by atoms with van der Waals surface area (Å²) in [6.07, 6.45) is -8.48. The largest absolute Gasteiger partial charge is 0.573 e. The maximum absolute atomic E-state index is 15.0. The number of nitrogens with zero attached hydrogens (tertiary/aromatic N) is 1. The monoisotopic (exact) mass is 691 g/mol. The normalized spacial score (nSPS) is 12.7. The van der Waals surface area contributed by atoms with Crippen LogP contribution in [0.1, 0.15) is 11.5 Å². The van der Waals surface area contributed by atoms with Crippen molar-refractivity contribution in [2.45, 2.75) is 31.0 Å². The van der Waals surface area contributed by atoms with Crippen molar-refractivity contribution in [1.29, 1.82) is 5.41 Å². The fourth-order valence-electron chi connectivity index (χ4n) is 4.27. The third kappa shape index (κ3) is 7.86. The van der Waals surface area contributed by atoms with Crippen LogP contribution in [-0.4, -0.2) is 43.0 Å². The van der Waals surface area contributed by atoms with Gasteiger partial charge in [-0.25, -0.2) is 17.8 Å². The molecule has 0 atom stereocenters. The first-order valence-corrected chi connectivity index (χ1v) is 15.0. The zero-order chi connectivity index (χ0) is 34.2. The number of ether oxygens (including phenoxy) is 1. The van der Waals surface area contributed by atoms with Gasteiger partial charge in [0.15, 0.2) is 27.2 Å². The number of aliphatic hydroxyl groups is 1. The number of oxazole rings is 1. The fraction of sp³-hybridized carbons (Fsp3) is 0.172. The molecule has 0 aliphatic heterocycles. The van der Waals surface area contributed by atoms with E-state index in [0.717, 1.165) is 30.5 Å². The lowest BCUT2D eigenvalue weighted by atomic mass is 9.97. The third-order valence-electron chi connectivity index (χ3n) is 6.28. The molecular formula is C29H21ClF7N3O5S. The fourth-order valence-corrected chi connectivity index (χ4v) is 5.38. The van der Waals surface area contributed by atoms with E-state index >= 15 is 0 Å². The van der Waals surface area contributed by atoms with Gasteiger partial charge in [0.25, 0.3) is 0 Å². The van der Waals surface area contributed by atoms with E-state index in [9.17, 15) is 44.3 Å². The van der Waals surface area contributed by atoms with Gasteiger partial charge in [0.1, 0.15) is 17.3 Å². The van der Waals surface area contributed by atoms with Crippen LogP contribution in [0.4, 0.5) is 36.4 Å².